The highest BCUT2D eigenvalue weighted by Gasteiger charge is 2.39. The first-order valence-corrected chi connectivity index (χ1v) is 5.80. The van der Waals surface area contributed by atoms with Gasteiger partial charge in [0.1, 0.15) is 0 Å². The van der Waals surface area contributed by atoms with Crippen LogP contribution in [0.1, 0.15) is 13.8 Å². The number of likely N-dealkylation sites (N-methyl/N-ethyl adjacent to an activating group) is 1. The van der Waals surface area contributed by atoms with Crippen LogP contribution in [0, 0.1) is 23.7 Å². The van der Waals surface area contributed by atoms with Crippen molar-refractivity contribution >= 4 is 0 Å². The van der Waals surface area contributed by atoms with Crippen LogP contribution in [0.2, 0.25) is 0 Å². The molecule has 1 heterocycles. The van der Waals surface area contributed by atoms with E-state index < -0.39 is 0 Å². The Morgan fingerprint density at radius 1 is 1.21 bits per heavy atom. The molecule has 1 saturated heterocycles. The predicted octanol–water partition coefficient (Wildman–Crippen LogP) is 1.25. The van der Waals surface area contributed by atoms with E-state index in [9.17, 15) is 0 Å². The van der Waals surface area contributed by atoms with E-state index in [-0.39, 0.29) is 0 Å². The lowest BCUT2D eigenvalue weighted by Gasteiger charge is -2.36. The van der Waals surface area contributed by atoms with Gasteiger partial charge in [-0.2, -0.15) is 0 Å². The molecule has 2 rings (SSSR count). The van der Waals surface area contributed by atoms with Gasteiger partial charge in [0.2, 0.25) is 0 Å². The van der Waals surface area contributed by atoms with Crippen molar-refractivity contribution in [3.05, 3.63) is 12.2 Å². The summed E-state index contributed by atoms with van der Waals surface area (Å²) < 4.78 is 0. The van der Waals surface area contributed by atoms with Crippen molar-refractivity contribution in [3.63, 3.8) is 0 Å². The molecule has 0 aromatic carbocycles. The Balaban J connectivity index is 2.17. The zero-order valence-electron chi connectivity index (χ0n) is 9.46. The van der Waals surface area contributed by atoms with Crippen LogP contribution in [0.3, 0.4) is 0 Å². The molecule has 0 spiro atoms. The predicted molar refractivity (Wildman–Crippen MR) is 60.2 cm³/mol. The molecule has 14 heavy (non-hydrogen) atoms. The van der Waals surface area contributed by atoms with E-state index >= 15 is 0 Å². The number of fused-ring (bicyclic) bond motifs is 1. The van der Waals surface area contributed by atoms with E-state index in [1.54, 1.807) is 0 Å². The van der Waals surface area contributed by atoms with Gasteiger partial charge in [-0.15, -0.1) is 0 Å². The van der Waals surface area contributed by atoms with Crippen molar-refractivity contribution in [2.75, 3.05) is 20.1 Å². The summed E-state index contributed by atoms with van der Waals surface area (Å²) in [6.07, 6.45) is 4.80. The molecule has 0 aromatic heterocycles. The fourth-order valence-corrected chi connectivity index (χ4v) is 3.09. The molecule has 1 aliphatic carbocycles. The Morgan fingerprint density at radius 2 is 1.93 bits per heavy atom. The lowest BCUT2D eigenvalue weighted by atomic mass is 9.71. The summed E-state index contributed by atoms with van der Waals surface area (Å²) in [6.45, 7) is 7.06. The monoisotopic (exact) mass is 194 g/mol. The number of nitrogens with one attached hydrogen (secondary N) is 2. The third kappa shape index (κ3) is 1.61. The van der Waals surface area contributed by atoms with Crippen molar-refractivity contribution < 1.29 is 0 Å². The zero-order valence-corrected chi connectivity index (χ0v) is 9.46. The summed E-state index contributed by atoms with van der Waals surface area (Å²) in [4.78, 5) is 0. The number of rotatable bonds is 2. The zero-order chi connectivity index (χ0) is 10.1. The standard InChI is InChI=1S/C12H22N2/c1-8(2)9-4-5-12(13-3)11-7-14-6-10(9)11/h4-5,8-14H,6-7H2,1-3H3. The number of hydrogen-bond acceptors (Lipinski definition) is 2. The molecular weight excluding hydrogens is 172 g/mol. The van der Waals surface area contributed by atoms with Crippen LogP contribution < -0.4 is 10.6 Å². The maximum absolute atomic E-state index is 3.53. The van der Waals surface area contributed by atoms with Gasteiger partial charge in [0.05, 0.1) is 0 Å². The van der Waals surface area contributed by atoms with Gasteiger partial charge >= 0.3 is 0 Å². The smallest absolute Gasteiger partial charge is 0.0291 e. The Kier molecular flexibility index (Phi) is 2.93. The molecule has 0 bridgehead atoms. The van der Waals surface area contributed by atoms with Gasteiger partial charge in [0, 0.05) is 12.6 Å². The average Bonchev–Trinajstić information content (AvgIpc) is 2.64. The normalized spacial score (nSPS) is 41.7. The van der Waals surface area contributed by atoms with Gasteiger partial charge in [-0.1, -0.05) is 26.0 Å². The second-order valence-electron chi connectivity index (χ2n) is 5.01. The Morgan fingerprint density at radius 3 is 2.57 bits per heavy atom. The van der Waals surface area contributed by atoms with E-state index in [2.05, 4.69) is 43.7 Å². The quantitative estimate of drug-likeness (QED) is 0.647. The maximum atomic E-state index is 3.53. The highest BCUT2D eigenvalue weighted by molar-refractivity contribution is 5.11. The van der Waals surface area contributed by atoms with Crippen LogP contribution in [0.25, 0.3) is 0 Å². The number of hydrogen-bond donors (Lipinski definition) is 2. The molecule has 80 valence electrons. The topological polar surface area (TPSA) is 24.1 Å². The van der Waals surface area contributed by atoms with E-state index in [0.29, 0.717) is 6.04 Å². The van der Waals surface area contributed by atoms with Crippen molar-refractivity contribution in [1.29, 1.82) is 0 Å². The fourth-order valence-electron chi connectivity index (χ4n) is 3.09. The molecule has 0 aromatic rings. The number of allylic oxidation sites excluding steroid dienone is 1. The highest BCUT2D eigenvalue weighted by atomic mass is 15.0. The summed E-state index contributed by atoms with van der Waals surface area (Å²) in [5, 5.41) is 6.94. The van der Waals surface area contributed by atoms with Gasteiger partial charge in [0.15, 0.2) is 0 Å². The van der Waals surface area contributed by atoms with Gasteiger partial charge in [-0.3, -0.25) is 0 Å². The molecule has 2 aliphatic rings. The third-order valence-corrected chi connectivity index (χ3v) is 3.91. The van der Waals surface area contributed by atoms with E-state index in [1.807, 2.05) is 0 Å². The van der Waals surface area contributed by atoms with E-state index in [4.69, 9.17) is 0 Å². The molecule has 2 N–H and O–H groups in total. The summed E-state index contributed by atoms with van der Waals surface area (Å²) >= 11 is 0. The van der Waals surface area contributed by atoms with Crippen LogP contribution >= 0.6 is 0 Å². The van der Waals surface area contributed by atoms with Gasteiger partial charge < -0.3 is 10.6 Å². The molecular formula is C12H22N2. The molecule has 1 aliphatic heterocycles. The fraction of sp³-hybridized carbons (Fsp3) is 0.833. The molecule has 0 saturated carbocycles. The molecule has 2 heteroatoms. The average molecular weight is 194 g/mol. The molecule has 4 atom stereocenters. The molecule has 1 fully saturated rings. The minimum atomic E-state index is 0.588. The van der Waals surface area contributed by atoms with Crippen LogP contribution in [-0.4, -0.2) is 26.2 Å². The Labute approximate surface area is 87.2 Å². The minimum Gasteiger partial charge on any atom is -0.316 e. The van der Waals surface area contributed by atoms with Crippen molar-refractivity contribution in [2.24, 2.45) is 23.7 Å². The summed E-state index contributed by atoms with van der Waals surface area (Å²) in [6, 6.07) is 0.588. The second-order valence-corrected chi connectivity index (χ2v) is 5.01. The molecule has 0 radical (unpaired) electrons. The van der Waals surface area contributed by atoms with Crippen LogP contribution in [0.5, 0.6) is 0 Å². The molecule has 2 nitrogen and oxygen atoms in total. The SMILES string of the molecule is CNC1C=CC(C(C)C)C2CNCC12. The first kappa shape index (κ1) is 10.2. The van der Waals surface area contributed by atoms with Crippen LogP contribution in [-0.2, 0) is 0 Å². The summed E-state index contributed by atoms with van der Waals surface area (Å²) in [7, 11) is 2.07. The maximum Gasteiger partial charge on any atom is 0.0291 e. The first-order chi connectivity index (χ1) is 6.74. The van der Waals surface area contributed by atoms with E-state index in [1.165, 1.54) is 13.1 Å². The molecule has 4 unspecified atom stereocenters. The van der Waals surface area contributed by atoms with Crippen molar-refractivity contribution in [1.82, 2.24) is 10.6 Å². The van der Waals surface area contributed by atoms with Crippen molar-refractivity contribution in [2.45, 2.75) is 19.9 Å². The van der Waals surface area contributed by atoms with Crippen LogP contribution in [0.4, 0.5) is 0 Å². The summed E-state index contributed by atoms with van der Waals surface area (Å²) in [5.41, 5.74) is 0. The second kappa shape index (κ2) is 4.03. The van der Waals surface area contributed by atoms with Crippen LogP contribution in [0.15, 0.2) is 12.2 Å². The lowest BCUT2D eigenvalue weighted by Crippen LogP contribution is -2.42. The highest BCUT2D eigenvalue weighted by Crippen LogP contribution is 2.36. The molecule has 0 amide bonds. The van der Waals surface area contributed by atoms with Gasteiger partial charge in [-0.05, 0) is 37.3 Å². The van der Waals surface area contributed by atoms with Gasteiger partial charge in [0.25, 0.3) is 0 Å². The minimum absolute atomic E-state index is 0.588. The van der Waals surface area contributed by atoms with E-state index in [0.717, 1.165) is 23.7 Å². The Bertz CT molecular complexity index is 222. The van der Waals surface area contributed by atoms with Crippen molar-refractivity contribution in [3.8, 4) is 0 Å². The van der Waals surface area contributed by atoms with Gasteiger partial charge in [-0.25, -0.2) is 0 Å². The third-order valence-electron chi connectivity index (χ3n) is 3.91. The summed E-state index contributed by atoms with van der Waals surface area (Å²) in [5.74, 6) is 3.20. The first-order valence-electron chi connectivity index (χ1n) is 5.80. The largest absolute Gasteiger partial charge is 0.316 e. The lowest BCUT2D eigenvalue weighted by molar-refractivity contribution is 0.226. The Hall–Kier alpha value is -0.340.